The first-order chi connectivity index (χ1) is 13.0. The van der Waals surface area contributed by atoms with Crippen molar-refractivity contribution >= 4 is 11.8 Å². The summed E-state index contributed by atoms with van der Waals surface area (Å²) in [7, 11) is 1.68. The van der Waals surface area contributed by atoms with Gasteiger partial charge in [-0.3, -0.25) is 14.5 Å². The van der Waals surface area contributed by atoms with E-state index in [9.17, 15) is 9.59 Å². The summed E-state index contributed by atoms with van der Waals surface area (Å²) in [4.78, 5) is 28.0. The highest BCUT2D eigenvalue weighted by Gasteiger charge is 2.27. The topological polar surface area (TPSA) is 73.9 Å². The van der Waals surface area contributed by atoms with Gasteiger partial charge in [-0.15, -0.1) is 0 Å². The largest absolute Gasteiger partial charge is 0.496 e. The first-order valence-electron chi connectivity index (χ1n) is 9.65. The van der Waals surface area contributed by atoms with Crippen LogP contribution in [0.2, 0.25) is 0 Å². The maximum absolute atomic E-state index is 12.2. The summed E-state index contributed by atoms with van der Waals surface area (Å²) in [6, 6.07) is 8.05. The number of carbonyl (C=O) groups excluding carboxylic acids is 2. The number of para-hydroxylation sites is 1. The van der Waals surface area contributed by atoms with E-state index in [4.69, 9.17) is 4.74 Å². The van der Waals surface area contributed by atoms with Crippen molar-refractivity contribution in [3.05, 3.63) is 29.8 Å². The molecule has 0 aliphatic carbocycles. The predicted molar refractivity (Wildman–Crippen MR) is 106 cm³/mol. The van der Waals surface area contributed by atoms with E-state index in [1.807, 2.05) is 18.2 Å². The lowest BCUT2D eigenvalue weighted by atomic mass is 10.0. The molecule has 27 heavy (non-hydrogen) atoms. The molecule has 0 saturated carbocycles. The lowest BCUT2D eigenvalue weighted by Gasteiger charge is -2.39. The van der Waals surface area contributed by atoms with Gasteiger partial charge in [0.15, 0.2) is 0 Å². The third-order valence-electron chi connectivity index (χ3n) is 5.01. The van der Waals surface area contributed by atoms with Crippen LogP contribution in [-0.4, -0.2) is 74.5 Å². The van der Waals surface area contributed by atoms with Crippen molar-refractivity contribution in [1.82, 2.24) is 20.4 Å². The molecule has 0 radical (unpaired) electrons. The molecule has 0 spiro atoms. The van der Waals surface area contributed by atoms with Crippen LogP contribution in [0.5, 0.6) is 5.75 Å². The van der Waals surface area contributed by atoms with Crippen molar-refractivity contribution in [3.63, 3.8) is 0 Å². The van der Waals surface area contributed by atoms with Crippen molar-refractivity contribution in [3.8, 4) is 5.75 Å². The summed E-state index contributed by atoms with van der Waals surface area (Å²) >= 11 is 0. The lowest BCUT2D eigenvalue weighted by Crippen LogP contribution is -2.49. The summed E-state index contributed by atoms with van der Waals surface area (Å²) in [6.07, 6.45) is 0.280. The first kappa shape index (κ1) is 21.2. The van der Waals surface area contributed by atoms with Gasteiger partial charge in [0.05, 0.1) is 13.2 Å². The molecule has 2 amide bonds. The van der Waals surface area contributed by atoms with Gasteiger partial charge in [0.1, 0.15) is 5.75 Å². The van der Waals surface area contributed by atoms with Gasteiger partial charge < -0.3 is 20.3 Å². The molecule has 7 nitrogen and oxygen atoms in total. The molecule has 1 unspecified atom stereocenters. The van der Waals surface area contributed by atoms with Gasteiger partial charge in [-0.2, -0.15) is 0 Å². The smallest absolute Gasteiger partial charge is 0.221 e. The number of amides is 2. The maximum atomic E-state index is 12.2. The highest BCUT2D eigenvalue weighted by molar-refractivity contribution is 5.77. The Morgan fingerprint density at radius 3 is 2.48 bits per heavy atom. The highest BCUT2D eigenvalue weighted by Crippen LogP contribution is 2.29. The zero-order valence-corrected chi connectivity index (χ0v) is 16.7. The molecule has 1 atom stereocenters. The summed E-state index contributed by atoms with van der Waals surface area (Å²) in [5.41, 5.74) is 1.09. The molecular formula is C20H32N4O3. The number of rotatable bonds is 9. The highest BCUT2D eigenvalue weighted by atomic mass is 16.5. The fraction of sp³-hybridized carbons (Fsp3) is 0.600. The van der Waals surface area contributed by atoms with E-state index < -0.39 is 0 Å². The second-order valence-corrected chi connectivity index (χ2v) is 6.77. The zero-order chi connectivity index (χ0) is 19.6. The second-order valence-electron chi connectivity index (χ2n) is 6.77. The number of hydrogen-bond donors (Lipinski definition) is 2. The van der Waals surface area contributed by atoms with E-state index in [1.165, 1.54) is 6.92 Å². The van der Waals surface area contributed by atoms with E-state index >= 15 is 0 Å². The van der Waals surface area contributed by atoms with Crippen LogP contribution in [0.4, 0.5) is 0 Å². The van der Waals surface area contributed by atoms with Gasteiger partial charge in [-0.25, -0.2) is 0 Å². The molecule has 1 fully saturated rings. The average molecular weight is 377 g/mol. The minimum absolute atomic E-state index is 0.0594. The third kappa shape index (κ3) is 6.52. The van der Waals surface area contributed by atoms with Crippen molar-refractivity contribution in [2.45, 2.75) is 26.3 Å². The Kier molecular flexibility index (Phi) is 8.54. The standard InChI is InChI=1S/C20H32N4O3/c1-4-23-11-13-24(14-12-23)18(17-7-5-6-8-19(17)27-3)15-22-20(26)9-10-21-16(2)25/h5-8,18H,4,9-15H2,1-3H3,(H,21,25)(H,22,26). The molecule has 0 bridgehead atoms. The minimum Gasteiger partial charge on any atom is -0.496 e. The third-order valence-corrected chi connectivity index (χ3v) is 5.01. The van der Waals surface area contributed by atoms with E-state index in [0.29, 0.717) is 13.1 Å². The number of methoxy groups -OCH3 is 1. The molecule has 1 aliphatic rings. The van der Waals surface area contributed by atoms with Gasteiger partial charge >= 0.3 is 0 Å². The van der Waals surface area contributed by atoms with Crippen LogP contribution in [0.1, 0.15) is 31.9 Å². The Bertz CT molecular complexity index is 615. The molecule has 1 heterocycles. The fourth-order valence-electron chi connectivity index (χ4n) is 3.42. The molecular weight excluding hydrogens is 344 g/mol. The number of piperazine rings is 1. The van der Waals surface area contributed by atoms with Crippen LogP contribution in [0, 0.1) is 0 Å². The number of likely N-dealkylation sites (N-methyl/N-ethyl adjacent to an activating group) is 1. The summed E-state index contributed by atoms with van der Waals surface area (Å²) in [5, 5.41) is 5.68. The van der Waals surface area contributed by atoms with E-state index in [1.54, 1.807) is 7.11 Å². The molecule has 1 saturated heterocycles. The van der Waals surface area contributed by atoms with Crippen molar-refractivity contribution in [2.24, 2.45) is 0 Å². The average Bonchev–Trinajstić information content (AvgIpc) is 2.68. The SMILES string of the molecule is CCN1CCN(C(CNC(=O)CCNC(C)=O)c2ccccc2OC)CC1. The number of carbonyl (C=O) groups is 2. The molecule has 1 aromatic carbocycles. The van der Waals surface area contributed by atoms with Crippen molar-refractivity contribution < 1.29 is 14.3 Å². The maximum Gasteiger partial charge on any atom is 0.221 e. The summed E-state index contributed by atoms with van der Waals surface area (Å²) in [5.74, 6) is 0.659. The Morgan fingerprint density at radius 1 is 1.15 bits per heavy atom. The van der Waals surface area contributed by atoms with Gasteiger partial charge in [-0.05, 0) is 12.6 Å². The quantitative estimate of drug-likeness (QED) is 0.673. The van der Waals surface area contributed by atoms with E-state index in [2.05, 4.69) is 33.4 Å². The second kappa shape index (κ2) is 10.9. The van der Waals surface area contributed by atoms with Gasteiger partial charge in [-0.1, -0.05) is 25.1 Å². The zero-order valence-electron chi connectivity index (χ0n) is 16.7. The van der Waals surface area contributed by atoms with E-state index in [-0.39, 0.29) is 24.3 Å². The molecule has 1 aliphatic heterocycles. The predicted octanol–water partition coefficient (Wildman–Crippen LogP) is 1.02. The lowest BCUT2D eigenvalue weighted by molar-refractivity contribution is -0.121. The van der Waals surface area contributed by atoms with Crippen LogP contribution < -0.4 is 15.4 Å². The fourth-order valence-corrected chi connectivity index (χ4v) is 3.42. The number of nitrogens with one attached hydrogen (secondary N) is 2. The van der Waals surface area contributed by atoms with Crippen LogP contribution in [0.15, 0.2) is 24.3 Å². The Balaban J connectivity index is 2.04. The number of benzene rings is 1. The summed E-state index contributed by atoms with van der Waals surface area (Å²) in [6.45, 7) is 9.54. The molecule has 7 heteroatoms. The monoisotopic (exact) mass is 376 g/mol. The molecule has 2 rings (SSSR count). The Hall–Kier alpha value is -2.12. The van der Waals surface area contributed by atoms with Gasteiger partial charge in [0.2, 0.25) is 11.8 Å². The van der Waals surface area contributed by atoms with Crippen molar-refractivity contribution in [1.29, 1.82) is 0 Å². The molecule has 1 aromatic rings. The Morgan fingerprint density at radius 2 is 1.85 bits per heavy atom. The molecule has 2 N–H and O–H groups in total. The summed E-state index contributed by atoms with van der Waals surface area (Å²) < 4.78 is 5.56. The van der Waals surface area contributed by atoms with E-state index in [0.717, 1.165) is 44.0 Å². The number of ether oxygens (including phenoxy) is 1. The van der Waals surface area contributed by atoms with Crippen LogP contribution >= 0.6 is 0 Å². The normalized spacial score (nSPS) is 16.6. The number of hydrogen-bond acceptors (Lipinski definition) is 5. The molecule has 0 aromatic heterocycles. The van der Waals surface area contributed by atoms with Crippen LogP contribution in [-0.2, 0) is 9.59 Å². The number of nitrogens with zero attached hydrogens (tertiary/aromatic N) is 2. The van der Waals surface area contributed by atoms with Gasteiger partial charge in [0, 0.05) is 58.2 Å². The van der Waals surface area contributed by atoms with Crippen molar-refractivity contribution in [2.75, 3.05) is 52.9 Å². The van der Waals surface area contributed by atoms with Gasteiger partial charge in [0.25, 0.3) is 0 Å². The molecule has 150 valence electrons. The first-order valence-corrected chi connectivity index (χ1v) is 9.65. The van der Waals surface area contributed by atoms with Crippen LogP contribution in [0.3, 0.4) is 0 Å². The Labute approximate surface area is 162 Å². The van der Waals surface area contributed by atoms with Crippen LogP contribution in [0.25, 0.3) is 0 Å². The minimum atomic E-state index is -0.122.